The molecule has 1 aromatic rings. The highest BCUT2D eigenvalue weighted by Crippen LogP contribution is 2.30. The third-order valence-electron chi connectivity index (χ3n) is 4.97. The lowest BCUT2D eigenvalue weighted by atomic mass is 9.80. The van der Waals surface area contributed by atoms with E-state index in [1.165, 1.54) is 0 Å². The van der Waals surface area contributed by atoms with Crippen LogP contribution in [-0.4, -0.2) is 17.4 Å². The Labute approximate surface area is 138 Å². The lowest BCUT2D eigenvalue weighted by Crippen LogP contribution is -2.57. The lowest BCUT2D eigenvalue weighted by molar-refractivity contribution is -0.132. The number of rotatable bonds is 5. The molecule has 0 heterocycles. The van der Waals surface area contributed by atoms with E-state index in [-0.39, 0.29) is 11.3 Å². The van der Waals surface area contributed by atoms with E-state index in [1.54, 1.807) is 0 Å². The molecule has 0 aliphatic heterocycles. The van der Waals surface area contributed by atoms with Crippen molar-refractivity contribution in [1.29, 1.82) is 0 Å². The summed E-state index contributed by atoms with van der Waals surface area (Å²) in [4.78, 5) is 24.6. The molecule has 0 unspecified atom stereocenters. The van der Waals surface area contributed by atoms with Crippen molar-refractivity contribution in [2.45, 2.75) is 69.7 Å². The smallest absolute Gasteiger partial charge is 0.243 e. The first-order chi connectivity index (χ1) is 10.9. The Hall–Kier alpha value is -1.84. The van der Waals surface area contributed by atoms with Gasteiger partial charge in [-0.1, -0.05) is 69.9 Å². The first-order valence-corrected chi connectivity index (χ1v) is 8.52. The summed E-state index contributed by atoms with van der Waals surface area (Å²) >= 11 is 0. The molecule has 2 rings (SSSR count). The molecule has 23 heavy (non-hydrogen) atoms. The molecule has 2 amide bonds. The number of nitrogens with two attached hydrogens (primary N) is 1. The average molecular weight is 316 g/mol. The first kappa shape index (κ1) is 17.5. The van der Waals surface area contributed by atoms with Crippen LogP contribution in [0.2, 0.25) is 0 Å². The summed E-state index contributed by atoms with van der Waals surface area (Å²) < 4.78 is 0. The van der Waals surface area contributed by atoms with Gasteiger partial charge in [0, 0.05) is 6.42 Å². The van der Waals surface area contributed by atoms with Gasteiger partial charge in [-0.05, 0) is 23.8 Å². The lowest BCUT2D eigenvalue weighted by Gasteiger charge is -2.33. The molecule has 1 aliphatic rings. The van der Waals surface area contributed by atoms with Crippen molar-refractivity contribution in [2.75, 3.05) is 0 Å². The number of nitrogens with one attached hydrogen (secondary N) is 1. The van der Waals surface area contributed by atoms with Crippen molar-refractivity contribution in [1.82, 2.24) is 5.32 Å². The Morgan fingerprint density at radius 3 is 2.17 bits per heavy atom. The number of carbonyl (C=O) groups is 2. The van der Waals surface area contributed by atoms with E-state index in [0.717, 1.165) is 31.2 Å². The Kier molecular flexibility index (Phi) is 5.45. The molecule has 4 heteroatoms. The predicted molar refractivity (Wildman–Crippen MR) is 91.9 cm³/mol. The van der Waals surface area contributed by atoms with Crippen LogP contribution in [0, 0.1) is 0 Å². The summed E-state index contributed by atoms with van der Waals surface area (Å²) in [6.45, 7) is 4.10. The number of carbonyl (C=O) groups excluding carboxylic acids is 2. The van der Waals surface area contributed by atoms with Crippen molar-refractivity contribution < 1.29 is 9.59 Å². The Morgan fingerprint density at radius 1 is 1.09 bits per heavy atom. The molecule has 1 aromatic carbocycles. The van der Waals surface area contributed by atoms with Crippen molar-refractivity contribution in [3.05, 3.63) is 35.9 Å². The monoisotopic (exact) mass is 316 g/mol. The fourth-order valence-electron chi connectivity index (χ4n) is 3.47. The van der Waals surface area contributed by atoms with Crippen molar-refractivity contribution in [2.24, 2.45) is 5.73 Å². The van der Waals surface area contributed by atoms with E-state index in [2.05, 4.69) is 5.32 Å². The highest BCUT2D eigenvalue weighted by molar-refractivity contribution is 5.90. The summed E-state index contributed by atoms with van der Waals surface area (Å²) in [7, 11) is 0. The predicted octanol–water partition coefficient (Wildman–Crippen LogP) is 3.05. The normalized spacial score (nSPS) is 18.0. The molecule has 0 radical (unpaired) electrons. The van der Waals surface area contributed by atoms with Crippen LogP contribution < -0.4 is 11.1 Å². The van der Waals surface area contributed by atoms with E-state index in [1.807, 2.05) is 44.2 Å². The maximum Gasteiger partial charge on any atom is 0.243 e. The molecule has 4 nitrogen and oxygen atoms in total. The van der Waals surface area contributed by atoms with Crippen LogP contribution in [0.5, 0.6) is 0 Å². The second kappa shape index (κ2) is 7.16. The molecule has 0 bridgehead atoms. The summed E-state index contributed by atoms with van der Waals surface area (Å²) in [6.07, 6.45) is 5.71. The first-order valence-electron chi connectivity index (χ1n) is 8.52. The van der Waals surface area contributed by atoms with Gasteiger partial charge in [0.2, 0.25) is 11.8 Å². The number of amides is 2. The molecule has 0 spiro atoms. The van der Waals surface area contributed by atoms with Crippen LogP contribution in [0.4, 0.5) is 0 Å². The van der Waals surface area contributed by atoms with Crippen LogP contribution in [-0.2, 0) is 15.0 Å². The number of benzene rings is 1. The Balaban J connectivity index is 2.09. The number of primary amides is 1. The van der Waals surface area contributed by atoms with Crippen LogP contribution in [0.15, 0.2) is 30.3 Å². The highest BCUT2D eigenvalue weighted by atomic mass is 16.2. The van der Waals surface area contributed by atoms with E-state index in [4.69, 9.17) is 5.73 Å². The molecule has 0 atom stereocenters. The summed E-state index contributed by atoms with van der Waals surface area (Å²) in [5.41, 5.74) is 5.61. The summed E-state index contributed by atoms with van der Waals surface area (Å²) in [6, 6.07) is 9.98. The molecule has 0 aromatic heterocycles. The maximum absolute atomic E-state index is 12.6. The van der Waals surface area contributed by atoms with Gasteiger partial charge in [0.25, 0.3) is 0 Å². The topological polar surface area (TPSA) is 72.2 Å². The third-order valence-corrected chi connectivity index (χ3v) is 4.97. The minimum Gasteiger partial charge on any atom is -0.368 e. The van der Waals surface area contributed by atoms with Crippen molar-refractivity contribution >= 4 is 11.8 Å². The van der Waals surface area contributed by atoms with Crippen molar-refractivity contribution in [3.63, 3.8) is 0 Å². The fraction of sp³-hybridized carbons (Fsp3) is 0.579. The molecular formula is C19H28N2O2. The van der Waals surface area contributed by atoms with Crippen LogP contribution in [0.25, 0.3) is 0 Å². The van der Waals surface area contributed by atoms with Gasteiger partial charge in [-0.2, -0.15) is 0 Å². The largest absolute Gasteiger partial charge is 0.368 e. The van der Waals surface area contributed by atoms with E-state index in [0.29, 0.717) is 19.3 Å². The van der Waals surface area contributed by atoms with Gasteiger partial charge < -0.3 is 11.1 Å². The second-order valence-electron chi connectivity index (χ2n) is 7.34. The molecule has 0 saturated heterocycles. The molecule has 1 saturated carbocycles. The molecule has 1 aliphatic carbocycles. The zero-order valence-electron chi connectivity index (χ0n) is 14.2. The SMILES string of the molecule is CC(C)(CC(=O)NC1(C(N)=O)CCCCCC1)c1ccccc1. The Morgan fingerprint density at radius 2 is 1.65 bits per heavy atom. The zero-order chi connectivity index (χ0) is 16.9. The highest BCUT2D eigenvalue weighted by Gasteiger charge is 2.39. The minimum absolute atomic E-state index is 0.0976. The van der Waals surface area contributed by atoms with Gasteiger partial charge in [-0.15, -0.1) is 0 Å². The van der Waals surface area contributed by atoms with Gasteiger partial charge in [-0.3, -0.25) is 9.59 Å². The zero-order valence-corrected chi connectivity index (χ0v) is 14.2. The van der Waals surface area contributed by atoms with E-state index in [9.17, 15) is 9.59 Å². The van der Waals surface area contributed by atoms with E-state index >= 15 is 0 Å². The minimum atomic E-state index is -0.861. The standard InChI is InChI=1S/C19H28N2O2/c1-18(2,15-10-6-5-7-11-15)14-16(22)21-19(17(20)23)12-8-3-4-9-13-19/h5-7,10-11H,3-4,8-9,12-14H2,1-2H3,(H2,20,23)(H,21,22). The number of hydrogen-bond acceptors (Lipinski definition) is 2. The van der Waals surface area contributed by atoms with Gasteiger partial charge >= 0.3 is 0 Å². The fourth-order valence-corrected chi connectivity index (χ4v) is 3.47. The molecule has 3 N–H and O–H groups in total. The molecule has 1 fully saturated rings. The van der Waals surface area contributed by atoms with Crippen LogP contribution in [0.1, 0.15) is 64.4 Å². The quantitative estimate of drug-likeness (QED) is 0.820. The maximum atomic E-state index is 12.6. The second-order valence-corrected chi connectivity index (χ2v) is 7.34. The van der Waals surface area contributed by atoms with Gasteiger partial charge in [0.15, 0.2) is 0 Å². The summed E-state index contributed by atoms with van der Waals surface area (Å²) in [5, 5.41) is 2.98. The van der Waals surface area contributed by atoms with Crippen molar-refractivity contribution in [3.8, 4) is 0 Å². The third kappa shape index (κ3) is 4.34. The van der Waals surface area contributed by atoms with Crippen LogP contribution >= 0.6 is 0 Å². The van der Waals surface area contributed by atoms with Gasteiger partial charge in [0.05, 0.1) is 0 Å². The Bertz CT molecular complexity index is 544. The molecular weight excluding hydrogens is 288 g/mol. The molecule has 126 valence electrons. The summed E-state index contributed by atoms with van der Waals surface area (Å²) in [5.74, 6) is -0.496. The van der Waals surface area contributed by atoms with Gasteiger partial charge in [-0.25, -0.2) is 0 Å². The average Bonchev–Trinajstić information content (AvgIpc) is 2.74. The van der Waals surface area contributed by atoms with Gasteiger partial charge in [0.1, 0.15) is 5.54 Å². The van der Waals surface area contributed by atoms with E-state index < -0.39 is 11.4 Å². The number of hydrogen-bond donors (Lipinski definition) is 2. The van der Waals surface area contributed by atoms with Crippen LogP contribution in [0.3, 0.4) is 0 Å².